The molecule has 4 nitrogen and oxygen atoms in total. The smallest absolute Gasteiger partial charge is 0.237 e. The van der Waals surface area contributed by atoms with E-state index in [9.17, 15) is 4.79 Å². The molecular weight excluding hydrogens is 214 g/mol. The lowest BCUT2D eigenvalue weighted by atomic mass is 10.2. The SMILES string of the molecule is C#CCC(N)C(=O)NCCN1CCCCCC1. The first-order valence-electron chi connectivity index (χ1n) is 6.43. The van der Waals surface area contributed by atoms with Gasteiger partial charge in [0.25, 0.3) is 0 Å². The molecule has 1 unspecified atom stereocenters. The largest absolute Gasteiger partial charge is 0.353 e. The summed E-state index contributed by atoms with van der Waals surface area (Å²) >= 11 is 0. The van der Waals surface area contributed by atoms with Crippen molar-refractivity contribution < 1.29 is 4.79 Å². The number of terminal acetylenes is 1. The Kier molecular flexibility index (Phi) is 6.68. The third kappa shape index (κ3) is 5.71. The number of carbonyl (C=O) groups excluding carboxylic acids is 1. The molecule has 0 radical (unpaired) electrons. The van der Waals surface area contributed by atoms with Gasteiger partial charge in [0, 0.05) is 19.5 Å². The molecule has 0 spiro atoms. The molecule has 1 rings (SSSR count). The second kappa shape index (κ2) is 8.10. The molecule has 0 aromatic carbocycles. The van der Waals surface area contributed by atoms with Crippen LogP contribution in [0.15, 0.2) is 0 Å². The van der Waals surface area contributed by atoms with E-state index in [1.54, 1.807) is 0 Å². The van der Waals surface area contributed by atoms with Gasteiger partial charge in [-0.3, -0.25) is 4.79 Å². The van der Waals surface area contributed by atoms with E-state index in [2.05, 4.69) is 16.1 Å². The minimum absolute atomic E-state index is 0.141. The topological polar surface area (TPSA) is 58.4 Å². The zero-order valence-corrected chi connectivity index (χ0v) is 10.5. The Morgan fingerprint density at radius 2 is 2.00 bits per heavy atom. The molecular formula is C13H23N3O. The van der Waals surface area contributed by atoms with Gasteiger partial charge in [-0.25, -0.2) is 0 Å². The van der Waals surface area contributed by atoms with Gasteiger partial charge in [0.1, 0.15) is 0 Å². The van der Waals surface area contributed by atoms with Crippen LogP contribution in [-0.4, -0.2) is 43.0 Å². The van der Waals surface area contributed by atoms with E-state index in [1.165, 1.54) is 25.7 Å². The van der Waals surface area contributed by atoms with Crippen LogP contribution in [0, 0.1) is 12.3 Å². The number of nitrogens with zero attached hydrogens (tertiary/aromatic N) is 1. The third-order valence-electron chi connectivity index (χ3n) is 3.10. The predicted molar refractivity (Wildman–Crippen MR) is 69.3 cm³/mol. The number of nitrogens with two attached hydrogens (primary N) is 1. The molecule has 1 saturated heterocycles. The number of carbonyl (C=O) groups is 1. The molecule has 1 aliphatic heterocycles. The molecule has 0 aliphatic carbocycles. The van der Waals surface area contributed by atoms with Crippen molar-refractivity contribution in [2.75, 3.05) is 26.2 Å². The van der Waals surface area contributed by atoms with Crippen molar-refractivity contribution in [3.63, 3.8) is 0 Å². The van der Waals surface area contributed by atoms with Crippen LogP contribution in [0.1, 0.15) is 32.1 Å². The summed E-state index contributed by atoms with van der Waals surface area (Å²) in [5.74, 6) is 2.26. The van der Waals surface area contributed by atoms with Crippen molar-refractivity contribution >= 4 is 5.91 Å². The number of nitrogens with one attached hydrogen (secondary N) is 1. The number of hydrogen-bond acceptors (Lipinski definition) is 3. The summed E-state index contributed by atoms with van der Waals surface area (Å²) in [5, 5.41) is 2.83. The molecule has 1 atom stereocenters. The van der Waals surface area contributed by atoms with E-state index in [1.807, 2.05) is 0 Å². The van der Waals surface area contributed by atoms with Crippen molar-refractivity contribution in [2.24, 2.45) is 5.73 Å². The van der Waals surface area contributed by atoms with Gasteiger partial charge >= 0.3 is 0 Å². The highest BCUT2D eigenvalue weighted by Gasteiger charge is 2.12. The lowest BCUT2D eigenvalue weighted by Crippen LogP contribution is -2.43. The summed E-state index contributed by atoms with van der Waals surface area (Å²) < 4.78 is 0. The Balaban J connectivity index is 2.14. The summed E-state index contributed by atoms with van der Waals surface area (Å²) in [6.45, 7) is 3.87. The highest BCUT2D eigenvalue weighted by atomic mass is 16.2. The fourth-order valence-electron chi connectivity index (χ4n) is 2.05. The Morgan fingerprint density at radius 3 is 2.59 bits per heavy atom. The molecule has 96 valence electrons. The van der Waals surface area contributed by atoms with Crippen molar-refractivity contribution in [1.29, 1.82) is 0 Å². The fourth-order valence-corrected chi connectivity index (χ4v) is 2.05. The lowest BCUT2D eigenvalue weighted by molar-refractivity contribution is -0.122. The van der Waals surface area contributed by atoms with Crippen molar-refractivity contribution in [3.05, 3.63) is 0 Å². The van der Waals surface area contributed by atoms with Crippen LogP contribution in [0.25, 0.3) is 0 Å². The minimum atomic E-state index is -0.566. The standard InChI is InChI=1S/C13H23N3O/c1-2-7-12(14)13(17)15-8-11-16-9-5-3-4-6-10-16/h1,12H,3-11,14H2,(H,15,17). The Hall–Kier alpha value is -1.05. The molecule has 0 aromatic heterocycles. The average Bonchev–Trinajstić information content (AvgIpc) is 2.58. The van der Waals surface area contributed by atoms with Crippen LogP contribution >= 0.6 is 0 Å². The van der Waals surface area contributed by atoms with Crippen molar-refractivity contribution in [1.82, 2.24) is 10.2 Å². The van der Waals surface area contributed by atoms with E-state index in [4.69, 9.17) is 12.2 Å². The number of likely N-dealkylation sites (tertiary alicyclic amines) is 1. The highest BCUT2D eigenvalue weighted by molar-refractivity contribution is 5.81. The molecule has 4 heteroatoms. The quantitative estimate of drug-likeness (QED) is 0.677. The van der Waals surface area contributed by atoms with Gasteiger partial charge in [-0.05, 0) is 25.9 Å². The first-order valence-corrected chi connectivity index (χ1v) is 6.43. The zero-order chi connectivity index (χ0) is 12.5. The molecule has 1 aliphatic rings. The molecule has 0 aromatic rings. The van der Waals surface area contributed by atoms with Crippen molar-refractivity contribution in [2.45, 2.75) is 38.1 Å². The van der Waals surface area contributed by atoms with Crippen LogP contribution in [0.2, 0.25) is 0 Å². The number of hydrogen-bond donors (Lipinski definition) is 2. The Labute approximate surface area is 104 Å². The average molecular weight is 237 g/mol. The summed E-state index contributed by atoms with van der Waals surface area (Å²) in [4.78, 5) is 13.9. The second-order valence-electron chi connectivity index (χ2n) is 4.56. The maximum absolute atomic E-state index is 11.5. The van der Waals surface area contributed by atoms with Gasteiger partial charge in [-0.2, -0.15) is 0 Å². The van der Waals surface area contributed by atoms with Gasteiger partial charge in [-0.1, -0.05) is 12.8 Å². The van der Waals surface area contributed by atoms with E-state index in [-0.39, 0.29) is 5.91 Å². The van der Waals surface area contributed by atoms with Gasteiger partial charge in [0.15, 0.2) is 0 Å². The second-order valence-corrected chi connectivity index (χ2v) is 4.56. The predicted octanol–water partition coefficient (Wildman–Crippen LogP) is 0.329. The van der Waals surface area contributed by atoms with Gasteiger partial charge in [0.2, 0.25) is 5.91 Å². The van der Waals surface area contributed by atoms with Crippen LogP contribution in [0.3, 0.4) is 0 Å². The molecule has 3 N–H and O–H groups in total. The van der Waals surface area contributed by atoms with Crippen LogP contribution in [0.5, 0.6) is 0 Å². The first-order chi connectivity index (χ1) is 8.24. The van der Waals surface area contributed by atoms with Crippen LogP contribution < -0.4 is 11.1 Å². The van der Waals surface area contributed by atoms with E-state index < -0.39 is 6.04 Å². The number of amides is 1. The Bertz CT molecular complexity index is 264. The molecule has 1 heterocycles. The molecule has 17 heavy (non-hydrogen) atoms. The fraction of sp³-hybridized carbons (Fsp3) is 0.769. The molecule has 0 saturated carbocycles. The summed E-state index contributed by atoms with van der Waals surface area (Å²) in [6, 6.07) is -0.566. The van der Waals surface area contributed by atoms with Gasteiger partial charge in [0.05, 0.1) is 6.04 Å². The third-order valence-corrected chi connectivity index (χ3v) is 3.10. The van der Waals surface area contributed by atoms with Crippen LogP contribution in [0.4, 0.5) is 0 Å². The summed E-state index contributed by atoms with van der Waals surface area (Å²) in [5.41, 5.74) is 5.60. The summed E-state index contributed by atoms with van der Waals surface area (Å²) in [6.07, 6.45) is 10.6. The Morgan fingerprint density at radius 1 is 1.35 bits per heavy atom. The molecule has 1 amide bonds. The van der Waals surface area contributed by atoms with E-state index >= 15 is 0 Å². The first kappa shape index (κ1) is 14.0. The van der Waals surface area contributed by atoms with Gasteiger partial charge < -0.3 is 16.0 Å². The molecule has 1 fully saturated rings. The summed E-state index contributed by atoms with van der Waals surface area (Å²) in [7, 11) is 0. The highest BCUT2D eigenvalue weighted by Crippen LogP contribution is 2.08. The monoisotopic (exact) mass is 237 g/mol. The minimum Gasteiger partial charge on any atom is -0.353 e. The van der Waals surface area contributed by atoms with E-state index in [0.717, 1.165) is 19.6 Å². The maximum Gasteiger partial charge on any atom is 0.237 e. The van der Waals surface area contributed by atoms with E-state index in [0.29, 0.717) is 13.0 Å². The maximum atomic E-state index is 11.5. The molecule has 0 bridgehead atoms. The van der Waals surface area contributed by atoms with Crippen molar-refractivity contribution in [3.8, 4) is 12.3 Å². The lowest BCUT2D eigenvalue weighted by Gasteiger charge is -2.20. The van der Waals surface area contributed by atoms with Crippen LogP contribution in [-0.2, 0) is 4.79 Å². The van der Waals surface area contributed by atoms with Gasteiger partial charge in [-0.15, -0.1) is 12.3 Å². The number of rotatable bonds is 5. The normalized spacial score (nSPS) is 19.1. The zero-order valence-electron chi connectivity index (χ0n) is 10.5.